The second kappa shape index (κ2) is 11.9. The lowest BCUT2D eigenvalue weighted by atomic mass is 10.1. The molecule has 2 aliphatic heterocycles. The molecule has 0 aromatic carbocycles. The Morgan fingerprint density at radius 1 is 1.00 bits per heavy atom. The van der Waals surface area contributed by atoms with Crippen molar-refractivity contribution in [1.82, 2.24) is 20.0 Å². The molecular weight excluding hydrogens is 355 g/mol. The third kappa shape index (κ3) is 6.72. The van der Waals surface area contributed by atoms with Gasteiger partial charge in [-0.25, -0.2) is 0 Å². The molecule has 0 bridgehead atoms. The maximum Gasteiger partial charge on any atom is 0.236 e. The number of hydrogen-bond acceptors (Lipinski definition) is 5. The zero-order valence-electron chi connectivity index (χ0n) is 14.5. The number of rotatable bonds is 5. The van der Waals surface area contributed by atoms with E-state index in [1.807, 2.05) is 23.8 Å². The number of hydrogen-bond donors (Lipinski definition) is 1. The van der Waals surface area contributed by atoms with Gasteiger partial charge in [-0.2, -0.15) is 0 Å². The minimum absolute atomic E-state index is 0. The van der Waals surface area contributed by atoms with Gasteiger partial charge in [0.05, 0.1) is 19.8 Å². The summed E-state index contributed by atoms with van der Waals surface area (Å²) in [5, 5.41) is 3.04. The molecule has 0 aromatic heterocycles. The highest BCUT2D eigenvalue weighted by atomic mass is 35.5. The predicted molar refractivity (Wildman–Crippen MR) is 98.0 cm³/mol. The Morgan fingerprint density at radius 3 is 2.12 bits per heavy atom. The van der Waals surface area contributed by atoms with Gasteiger partial charge in [0, 0.05) is 51.7 Å². The van der Waals surface area contributed by atoms with Crippen LogP contribution >= 0.6 is 24.8 Å². The fraction of sp³-hybridized carbons (Fsp3) is 0.867. The zero-order chi connectivity index (χ0) is 15.9. The number of amides is 2. The Kier molecular flexibility index (Phi) is 11.6. The fourth-order valence-corrected chi connectivity index (χ4v) is 2.94. The summed E-state index contributed by atoms with van der Waals surface area (Å²) >= 11 is 0. The Morgan fingerprint density at radius 2 is 1.58 bits per heavy atom. The molecule has 142 valence electrons. The average Bonchev–Trinajstić information content (AvgIpc) is 2.56. The quantitative estimate of drug-likeness (QED) is 0.704. The molecule has 2 heterocycles. The molecule has 2 rings (SSSR count). The molecule has 2 saturated heterocycles. The molecule has 2 amide bonds. The average molecular weight is 385 g/mol. The Balaban J connectivity index is 0.00000264. The van der Waals surface area contributed by atoms with E-state index < -0.39 is 0 Å². The lowest BCUT2D eigenvalue weighted by Gasteiger charge is -2.37. The van der Waals surface area contributed by atoms with Crippen LogP contribution in [0, 0.1) is 5.92 Å². The van der Waals surface area contributed by atoms with Gasteiger partial charge in [0.2, 0.25) is 11.8 Å². The van der Waals surface area contributed by atoms with Crippen LogP contribution in [0.2, 0.25) is 0 Å². The molecule has 1 atom stereocenters. The fourth-order valence-electron chi connectivity index (χ4n) is 2.94. The third-order valence-corrected chi connectivity index (χ3v) is 4.34. The number of halogens is 2. The van der Waals surface area contributed by atoms with Gasteiger partial charge in [0.25, 0.3) is 0 Å². The highest BCUT2D eigenvalue weighted by molar-refractivity contribution is 5.85. The summed E-state index contributed by atoms with van der Waals surface area (Å²) in [6.45, 7) is 8.73. The minimum Gasteiger partial charge on any atom is -0.378 e. The summed E-state index contributed by atoms with van der Waals surface area (Å²) in [4.78, 5) is 30.4. The van der Waals surface area contributed by atoms with Gasteiger partial charge < -0.3 is 19.9 Å². The normalized spacial score (nSPS) is 19.9. The molecule has 0 saturated carbocycles. The molecule has 0 spiro atoms. The van der Waals surface area contributed by atoms with Crippen molar-refractivity contribution in [3.8, 4) is 0 Å². The van der Waals surface area contributed by atoms with Gasteiger partial charge in [0.15, 0.2) is 0 Å². The van der Waals surface area contributed by atoms with Crippen molar-refractivity contribution in [3.63, 3.8) is 0 Å². The van der Waals surface area contributed by atoms with E-state index in [-0.39, 0.29) is 42.5 Å². The highest BCUT2D eigenvalue weighted by Crippen LogP contribution is 2.08. The molecule has 1 N–H and O–H groups in total. The van der Waals surface area contributed by atoms with Crippen LogP contribution < -0.4 is 5.32 Å². The number of ether oxygens (including phenoxy) is 1. The van der Waals surface area contributed by atoms with Crippen molar-refractivity contribution in [2.45, 2.75) is 6.92 Å². The number of morpholine rings is 1. The summed E-state index contributed by atoms with van der Waals surface area (Å²) in [6, 6.07) is 0. The molecule has 7 nitrogen and oxygen atoms in total. The SMILES string of the molecule is CNCC(C)C(=O)N1CCN(CC(=O)N2CCOCC2)CC1.Cl.Cl. The number of nitrogens with one attached hydrogen (secondary N) is 1. The lowest BCUT2D eigenvalue weighted by molar-refractivity contribution is -0.139. The van der Waals surface area contributed by atoms with E-state index >= 15 is 0 Å². The van der Waals surface area contributed by atoms with Gasteiger partial charge >= 0.3 is 0 Å². The number of carbonyl (C=O) groups excluding carboxylic acids is 2. The van der Waals surface area contributed by atoms with E-state index in [1.165, 1.54) is 0 Å². The molecule has 2 fully saturated rings. The standard InChI is InChI=1S/C15H28N4O3.2ClH/c1-13(11-16-2)15(21)19-5-3-17(4-6-19)12-14(20)18-7-9-22-10-8-18;;/h13,16H,3-12H2,1-2H3;2*1H. The van der Waals surface area contributed by atoms with Crippen LogP contribution in [-0.4, -0.2) is 99.1 Å². The highest BCUT2D eigenvalue weighted by Gasteiger charge is 2.26. The van der Waals surface area contributed by atoms with E-state index in [4.69, 9.17) is 4.74 Å². The first-order valence-corrected chi connectivity index (χ1v) is 8.13. The minimum atomic E-state index is 0. The summed E-state index contributed by atoms with van der Waals surface area (Å²) in [7, 11) is 1.86. The van der Waals surface area contributed by atoms with E-state index in [2.05, 4.69) is 10.2 Å². The van der Waals surface area contributed by atoms with Gasteiger partial charge in [0.1, 0.15) is 0 Å². The first-order valence-electron chi connectivity index (χ1n) is 8.13. The van der Waals surface area contributed by atoms with Gasteiger partial charge in [-0.15, -0.1) is 24.8 Å². The maximum atomic E-state index is 12.2. The summed E-state index contributed by atoms with van der Waals surface area (Å²) in [5.74, 6) is 0.381. The van der Waals surface area contributed by atoms with E-state index in [9.17, 15) is 9.59 Å². The Hall–Kier alpha value is -0.600. The van der Waals surface area contributed by atoms with Gasteiger partial charge in [-0.05, 0) is 7.05 Å². The molecule has 9 heteroatoms. The van der Waals surface area contributed by atoms with E-state index in [1.54, 1.807) is 0 Å². The van der Waals surface area contributed by atoms with Crippen LogP contribution in [0.15, 0.2) is 0 Å². The summed E-state index contributed by atoms with van der Waals surface area (Å²) in [5.41, 5.74) is 0. The number of nitrogens with zero attached hydrogens (tertiary/aromatic N) is 3. The van der Waals surface area contributed by atoms with E-state index in [0.717, 1.165) is 13.1 Å². The first-order chi connectivity index (χ1) is 10.6. The molecule has 0 aromatic rings. The predicted octanol–water partition coefficient (Wildman–Crippen LogP) is -0.311. The van der Waals surface area contributed by atoms with Crippen molar-refractivity contribution in [1.29, 1.82) is 0 Å². The second-order valence-electron chi connectivity index (χ2n) is 6.05. The van der Waals surface area contributed by atoms with E-state index in [0.29, 0.717) is 52.5 Å². The molecule has 0 radical (unpaired) electrons. The van der Waals surface area contributed by atoms with Crippen molar-refractivity contribution >= 4 is 36.6 Å². The number of carbonyl (C=O) groups is 2. The smallest absolute Gasteiger partial charge is 0.236 e. The van der Waals surface area contributed by atoms with Gasteiger partial charge in [-0.3, -0.25) is 14.5 Å². The number of piperazine rings is 1. The molecule has 2 aliphatic rings. The zero-order valence-corrected chi connectivity index (χ0v) is 16.2. The Labute approximate surface area is 156 Å². The van der Waals surface area contributed by atoms with Crippen LogP contribution in [0.3, 0.4) is 0 Å². The lowest BCUT2D eigenvalue weighted by Crippen LogP contribution is -2.53. The van der Waals surface area contributed by atoms with Crippen LogP contribution in [0.25, 0.3) is 0 Å². The summed E-state index contributed by atoms with van der Waals surface area (Å²) < 4.78 is 5.27. The van der Waals surface area contributed by atoms with Crippen LogP contribution in [0.5, 0.6) is 0 Å². The monoisotopic (exact) mass is 384 g/mol. The molecule has 24 heavy (non-hydrogen) atoms. The largest absolute Gasteiger partial charge is 0.378 e. The first kappa shape index (κ1) is 23.4. The topological polar surface area (TPSA) is 65.1 Å². The second-order valence-corrected chi connectivity index (χ2v) is 6.05. The van der Waals surface area contributed by atoms with Crippen molar-refractivity contribution in [3.05, 3.63) is 0 Å². The van der Waals surface area contributed by atoms with Crippen molar-refractivity contribution in [2.75, 3.05) is 72.6 Å². The maximum absolute atomic E-state index is 12.2. The molecule has 0 aliphatic carbocycles. The van der Waals surface area contributed by atoms with Crippen LogP contribution in [-0.2, 0) is 14.3 Å². The van der Waals surface area contributed by atoms with Crippen molar-refractivity contribution in [2.24, 2.45) is 5.92 Å². The summed E-state index contributed by atoms with van der Waals surface area (Å²) in [6.07, 6.45) is 0. The van der Waals surface area contributed by atoms with Crippen molar-refractivity contribution < 1.29 is 14.3 Å². The molecule has 1 unspecified atom stereocenters. The third-order valence-electron chi connectivity index (χ3n) is 4.34. The van der Waals surface area contributed by atoms with Crippen LogP contribution in [0.1, 0.15) is 6.92 Å². The van der Waals surface area contributed by atoms with Gasteiger partial charge in [-0.1, -0.05) is 6.92 Å². The van der Waals surface area contributed by atoms with Crippen LogP contribution in [0.4, 0.5) is 0 Å². The molecular formula is C15H30Cl2N4O3. The Bertz CT molecular complexity index is 387.